The SMILES string of the molecule is Cc1nc(NC(=O)C2CSCCC(=O)N2)sc1C(=O)N(C)C. The van der Waals surface area contributed by atoms with Crippen LogP contribution in [0.25, 0.3) is 0 Å². The number of hydrogen-bond acceptors (Lipinski definition) is 6. The van der Waals surface area contributed by atoms with E-state index < -0.39 is 6.04 Å². The maximum Gasteiger partial charge on any atom is 0.265 e. The summed E-state index contributed by atoms with van der Waals surface area (Å²) in [7, 11) is 3.33. The monoisotopic (exact) mass is 342 g/mol. The van der Waals surface area contributed by atoms with Crippen molar-refractivity contribution in [3.8, 4) is 0 Å². The van der Waals surface area contributed by atoms with E-state index in [1.165, 1.54) is 4.90 Å². The maximum absolute atomic E-state index is 12.2. The Morgan fingerprint density at radius 3 is 2.82 bits per heavy atom. The Bertz CT molecular complexity index is 600. The van der Waals surface area contributed by atoms with Crippen LogP contribution in [0.3, 0.4) is 0 Å². The van der Waals surface area contributed by atoms with Crippen molar-refractivity contribution in [3.05, 3.63) is 10.6 Å². The van der Waals surface area contributed by atoms with Crippen molar-refractivity contribution in [3.63, 3.8) is 0 Å². The third-order valence-electron chi connectivity index (χ3n) is 3.04. The number of carbonyl (C=O) groups is 3. The summed E-state index contributed by atoms with van der Waals surface area (Å²) >= 11 is 2.70. The summed E-state index contributed by atoms with van der Waals surface area (Å²) in [6.45, 7) is 1.73. The Kier molecular flexibility index (Phi) is 5.41. The van der Waals surface area contributed by atoms with Crippen molar-refractivity contribution < 1.29 is 14.4 Å². The van der Waals surface area contributed by atoms with Crippen molar-refractivity contribution in [2.75, 3.05) is 30.9 Å². The van der Waals surface area contributed by atoms with Gasteiger partial charge >= 0.3 is 0 Å². The molecule has 2 N–H and O–H groups in total. The summed E-state index contributed by atoms with van der Waals surface area (Å²) in [6, 6.07) is -0.572. The second kappa shape index (κ2) is 7.10. The molecule has 1 aliphatic heterocycles. The predicted octanol–water partition coefficient (Wildman–Crippen LogP) is 0.714. The van der Waals surface area contributed by atoms with Gasteiger partial charge in [0.05, 0.1) is 5.69 Å². The van der Waals surface area contributed by atoms with Crippen LogP contribution in [0.5, 0.6) is 0 Å². The Balaban J connectivity index is 2.07. The number of nitrogens with zero attached hydrogens (tertiary/aromatic N) is 2. The van der Waals surface area contributed by atoms with Crippen LogP contribution in [0.15, 0.2) is 0 Å². The molecular formula is C13H18N4O3S2. The number of carbonyl (C=O) groups excluding carboxylic acids is 3. The molecule has 0 aliphatic carbocycles. The van der Waals surface area contributed by atoms with E-state index in [2.05, 4.69) is 15.6 Å². The van der Waals surface area contributed by atoms with Gasteiger partial charge in [-0.1, -0.05) is 11.3 Å². The first-order valence-corrected chi connectivity index (χ1v) is 8.72. The van der Waals surface area contributed by atoms with Gasteiger partial charge in [0.2, 0.25) is 11.8 Å². The average Bonchev–Trinajstić information content (AvgIpc) is 2.67. The summed E-state index contributed by atoms with van der Waals surface area (Å²) in [4.78, 5) is 41.9. The molecule has 0 radical (unpaired) electrons. The maximum atomic E-state index is 12.2. The molecule has 2 rings (SSSR count). The second-order valence-electron chi connectivity index (χ2n) is 5.07. The van der Waals surface area contributed by atoms with Crippen LogP contribution in [0.2, 0.25) is 0 Å². The van der Waals surface area contributed by atoms with Gasteiger partial charge in [0.25, 0.3) is 5.91 Å². The minimum absolute atomic E-state index is 0.121. The highest BCUT2D eigenvalue weighted by atomic mass is 32.2. The van der Waals surface area contributed by atoms with E-state index in [9.17, 15) is 14.4 Å². The fourth-order valence-corrected chi connectivity index (χ4v) is 3.82. The van der Waals surface area contributed by atoms with Crippen LogP contribution in [-0.4, -0.2) is 59.2 Å². The van der Waals surface area contributed by atoms with E-state index >= 15 is 0 Å². The van der Waals surface area contributed by atoms with Crippen LogP contribution in [-0.2, 0) is 9.59 Å². The summed E-state index contributed by atoms with van der Waals surface area (Å²) in [6.07, 6.45) is 0.423. The molecule has 1 fully saturated rings. The molecule has 1 saturated heterocycles. The first-order valence-electron chi connectivity index (χ1n) is 6.75. The fraction of sp³-hybridized carbons (Fsp3) is 0.538. The zero-order valence-electron chi connectivity index (χ0n) is 12.6. The standard InChI is InChI=1S/C13H18N4O3S2/c1-7-10(12(20)17(2)3)22-13(14-7)16-11(19)8-6-21-5-4-9(18)15-8/h8H,4-6H2,1-3H3,(H,15,18)(H,14,16,19). The zero-order valence-corrected chi connectivity index (χ0v) is 14.3. The Morgan fingerprint density at radius 1 is 1.41 bits per heavy atom. The quantitative estimate of drug-likeness (QED) is 0.844. The van der Waals surface area contributed by atoms with Crippen molar-refractivity contribution in [1.82, 2.24) is 15.2 Å². The van der Waals surface area contributed by atoms with Crippen molar-refractivity contribution in [2.45, 2.75) is 19.4 Å². The average molecular weight is 342 g/mol. The summed E-state index contributed by atoms with van der Waals surface area (Å²) in [5, 5.41) is 5.75. The highest BCUT2D eigenvalue weighted by Gasteiger charge is 2.25. The molecule has 120 valence electrons. The summed E-state index contributed by atoms with van der Waals surface area (Å²) in [5.41, 5.74) is 0.582. The first kappa shape index (κ1) is 16.8. The molecule has 0 saturated carbocycles. The number of thiazole rings is 1. The predicted molar refractivity (Wildman–Crippen MR) is 87.4 cm³/mol. The van der Waals surface area contributed by atoms with E-state index in [4.69, 9.17) is 0 Å². The number of thioether (sulfide) groups is 1. The van der Waals surface area contributed by atoms with Crippen LogP contribution < -0.4 is 10.6 Å². The molecule has 1 aromatic heterocycles. The number of rotatable bonds is 3. The number of aromatic nitrogens is 1. The third-order valence-corrected chi connectivity index (χ3v) is 5.16. The van der Waals surface area contributed by atoms with Gasteiger partial charge in [-0.2, -0.15) is 11.8 Å². The minimum Gasteiger partial charge on any atom is -0.344 e. The van der Waals surface area contributed by atoms with Gasteiger partial charge in [-0.25, -0.2) is 4.98 Å². The first-order chi connectivity index (χ1) is 10.4. The summed E-state index contributed by atoms with van der Waals surface area (Å²) in [5.74, 6) is 0.678. The molecule has 7 nitrogen and oxygen atoms in total. The molecule has 3 amide bonds. The largest absolute Gasteiger partial charge is 0.344 e. The van der Waals surface area contributed by atoms with Crippen molar-refractivity contribution >= 4 is 46.0 Å². The van der Waals surface area contributed by atoms with Gasteiger partial charge in [-0.3, -0.25) is 14.4 Å². The van der Waals surface area contributed by atoms with E-state index in [0.717, 1.165) is 11.3 Å². The molecular weight excluding hydrogens is 324 g/mol. The van der Waals surface area contributed by atoms with Crippen molar-refractivity contribution in [2.24, 2.45) is 0 Å². The minimum atomic E-state index is -0.572. The van der Waals surface area contributed by atoms with Crippen LogP contribution in [0.1, 0.15) is 21.8 Å². The highest BCUT2D eigenvalue weighted by Crippen LogP contribution is 2.24. The van der Waals surface area contributed by atoms with Gasteiger partial charge in [-0.15, -0.1) is 0 Å². The van der Waals surface area contributed by atoms with Crippen LogP contribution in [0.4, 0.5) is 5.13 Å². The number of aryl methyl sites for hydroxylation is 1. The molecule has 0 aromatic carbocycles. The second-order valence-corrected chi connectivity index (χ2v) is 7.22. The molecule has 1 unspecified atom stereocenters. The lowest BCUT2D eigenvalue weighted by Crippen LogP contribution is -2.44. The van der Waals surface area contributed by atoms with Gasteiger partial charge in [-0.05, 0) is 6.92 Å². The molecule has 1 aliphatic rings. The molecule has 0 bridgehead atoms. The normalized spacial score (nSPS) is 18.3. The zero-order chi connectivity index (χ0) is 16.3. The smallest absolute Gasteiger partial charge is 0.265 e. The number of hydrogen-bond donors (Lipinski definition) is 2. The van der Waals surface area contributed by atoms with E-state index in [1.54, 1.807) is 32.8 Å². The molecule has 22 heavy (non-hydrogen) atoms. The van der Waals surface area contributed by atoms with E-state index in [0.29, 0.717) is 33.6 Å². The van der Waals surface area contributed by atoms with Gasteiger partial charge in [0.15, 0.2) is 5.13 Å². The fourth-order valence-electron chi connectivity index (χ4n) is 1.86. The lowest BCUT2D eigenvalue weighted by Gasteiger charge is -2.13. The molecule has 1 atom stereocenters. The Labute approximate surface area is 136 Å². The van der Waals surface area contributed by atoms with Gasteiger partial charge in [0, 0.05) is 32.0 Å². The van der Waals surface area contributed by atoms with Crippen LogP contribution in [0, 0.1) is 6.92 Å². The van der Waals surface area contributed by atoms with Gasteiger partial charge in [0.1, 0.15) is 10.9 Å². The van der Waals surface area contributed by atoms with Crippen LogP contribution >= 0.6 is 23.1 Å². The Morgan fingerprint density at radius 2 is 2.14 bits per heavy atom. The highest BCUT2D eigenvalue weighted by molar-refractivity contribution is 7.99. The Hall–Kier alpha value is -1.61. The van der Waals surface area contributed by atoms with Crippen molar-refractivity contribution in [1.29, 1.82) is 0 Å². The van der Waals surface area contributed by atoms with Gasteiger partial charge < -0.3 is 15.5 Å². The molecule has 0 spiro atoms. The molecule has 2 heterocycles. The van der Waals surface area contributed by atoms with E-state index in [1.807, 2.05) is 0 Å². The summed E-state index contributed by atoms with van der Waals surface area (Å²) < 4.78 is 0. The number of nitrogens with one attached hydrogen (secondary N) is 2. The van der Waals surface area contributed by atoms with E-state index in [-0.39, 0.29) is 17.7 Å². The molecule has 9 heteroatoms. The number of anilines is 1. The lowest BCUT2D eigenvalue weighted by molar-refractivity contribution is -0.125. The lowest BCUT2D eigenvalue weighted by atomic mass is 10.3. The third kappa shape index (κ3) is 3.98. The topological polar surface area (TPSA) is 91.4 Å². The number of amides is 3. The molecule has 1 aromatic rings.